The number of carbonyl (C=O) groups is 1. The van der Waals surface area contributed by atoms with E-state index in [0.29, 0.717) is 52.7 Å². The number of fused-ring (bicyclic) bond motifs is 1. The fraction of sp³-hybridized carbons (Fsp3) is 0.250. The lowest BCUT2D eigenvalue weighted by Crippen LogP contribution is -2.35. The lowest BCUT2D eigenvalue weighted by molar-refractivity contribution is 0.0683. The summed E-state index contributed by atoms with van der Waals surface area (Å²) in [5.74, 6) is -0.252. The Morgan fingerprint density at radius 1 is 1.12 bits per heavy atom. The number of anilines is 1. The lowest BCUT2D eigenvalue weighted by atomic mass is 10.0. The van der Waals surface area contributed by atoms with E-state index in [1.165, 1.54) is 7.11 Å². The van der Waals surface area contributed by atoms with E-state index in [4.69, 9.17) is 25.3 Å². The molecule has 1 saturated heterocycles. The van der Waals surface area contributed by atoms with Gasteiger partial charge in [0.1, 0.15) is 16.2 Å². The third-order valence-corrected chi connectivity index (χ3v) is 11.7. The minimum Gasteiger partial charge on any atom is -0.477 e. The number of furan rings is 1. The zero-order valence-electron chi connectivity index (χ0n) is 23.7. The number of aromatic carboxylic acids is 1. The zero-order valence-corrected chi connectivity index (χ0v) is 26.1. The van der Waals surface area contributed by atoms with E-state index in [1.807, 2.05) is 55.5 Å². The first-order valence-electron chi connectivity index (χ1n) is 13.9. The average molecular weight is 637 g/mol. The number of benzene rings is 2. The van der Waals surface area contributed by atoms with Crippen LogP contribution >= 0.6 is 30.5 Å². The molecule has 1 aliphatic rings. The van der Waals surface area contributed by atoms with Crippen LogP contribution < -0.4 is 9.97 Å². The topological polar surface area (TPSA) is 102 Å². The fourth-order valence-electron chi connectivity index (χ4n) is 5.46. The number of pyridine rings is 1. The number of ether oxygens (including phenoxy) is 1. The number of hydrogen-bond acceptors (Lipinski definition) is 7. The second kappa shape index (κ2) is 12.3. The van der Waals surface area contributed by atoms with Gasteiger partial charge in [-0.15, -0.1) is 11.3 Å². The second-order valence-electron chi connectivity index (χ2n) is 10.5. The molecule has 0 spiro atoms. The van der Waals surface area contributed by atoms with Crippen molar-refractivity contribution < 1.29 is 28.1 Å². The Kier molecular flexibility index (Phi) is 8.45. The smallest absolute Gasteiger partial charge is 0.348 e. The van der Waals surface area contributed by atoms with Gasteiger partial charge >= 0.3 is 13.5 Å². The summed E-state index contributed by atoms with van der Waals surface area (Å²) in [6, 6.07) is 20.3. The van der Waals surface area contributed by atoms with Crippen molar-refractivity contribution in [3.8, 4) is 21.8 Å². The molecule has 43 heavy (non-hydrogen) atoms. The van der Waals surface area contributed by atoms with Crippen LogP contribution in [0.15, 0.2) is 77.3 Å². The van der Waals surface area contributed by atoms with Gasteiger partial charge in [0.2, 0.25) is 0 Å². The van der Waals surface area contributed by atoms with Gasteiger partial charge in [-0.2, -0.15) is 0 Å². The standard InChI is InChI=1S/C32H30ClN2O6PS/c1-20-16-24(33)9-10-29(20)42(38,39-2)35(19-21-11-14-40-15-12-21)26-18-30(43-31(26)32(36)37)23-7-5-22(6-8-23)28-17-25-27(41-28)4-3-13-34-25/h3-10,13,16-18,21H,11-12,14-15,19H2,1-2H3,(H,36,37). The van der Waals surface area contributed by atoms with Gasteiger partial charge < -0.3 is 18.8 Å². The number of hydrogen-bond donors (Lipinski definition) is 1. The largest absolute Gasteiger partial charge is 0.477 e. The van der Waals surface area contributed by atoms with Crippen LogP contribution in [0.25, 0.3) is 32.9 Å². The number of thiophene rings is 1. The Morgan fingerprint density at radius 3 is 2.53 bits per heavy atom. The summed E-state index contributed by atoms with van der Waals surface area (Å²) in [6.45, 7) is 3.39. The summed E-state index contributed by atoms with van der Waals surface area (Å²) < 4.78 is 34.0. The SMILES string of the molecule is COP(=O)(c1ccc(Cl)cc1C)N(CC1CCOCC1)c1cc(-c2ccc(-c3cc4ncccc4o3)cc2)sc1C(=O)O. The highest BCUT2D eigenvalue weighted by molar-refractivity contribution is 7.68. The van der Waals surface area contributed by atoms with Gasteiger partial charge in [-0.25, -0.2) is 4.79 Å². The molecule has 0 amide bonds. The number of rotatable bonds is 9. The Balaban J connectivity index is 1.42. The summed E-state index contributed by atoms with van der Waals surface area (Å²) in [5, 5.41) is 11.3. The van der Waals surface area contributed by atoms with Gasteiger partial charge in [-0.05, 0) is 73.2 Å². The van der Waals surface area contributed by atoms with E-state index in [-0.39, 0.29) is 10.8 Å². The highest BCUT2D eigenvalue weighted by Crippen LogP contribution is 2.55. The van der Waals surface area contributed by atoms with E-state index < -0.39 is 13.5 Å². The van der Waals surface area contributed by atoms with Gasteiger partial charge in [0, 0.05) is 54.6 Å². The summed E-state index contributed by atoms with van der Waals surface area (Å²) in [4.78, 5) is 17.8. The maximum atomic E-state index is 14.9. The first kappa shape index (κ1) is 29.6. The molecular formula is C32H30ClN2O6PS. The minimum absolute atomic E-state index is 0.0957. The lowest BCUT2D eigenvalue weighted by Gasteiger charge is -2.36. The molecule has 1 atom stereocenters. The van der Waals surface area contributed by atoms with Gasteiger partial charge in [0.25, 0.3) is 0 Å². The Hall–Kier alpha value is -3.46. The van der Waals surface area contributed by atoms with Crippen LogP contribution in [-0.4, -0.2) is 42.9 Å². The predicted molar refractivity (Wildman–Crippen MR) is 171 cm³/mol. The van der Waals surface area contributed by atoms with Crippen LogP contribution in [0, 0.1) is 12.8 Å². The summed E-state index contributed by atoms with van der Waals surface area (Å²) in [6.07, 6.45) is 3.27. The monoisotopic (exact) mass is 636 g/mol. The van der Waals surface area contributed by atoms with Crippen molar-refractivity contribution >= 4 is 58.5 Å². The molecule has 1 unspecified atom stereocenters. The van der Waals surface area contributed by atoms with Crippen LogP contribution in [0.1, 0.15) is 28.1 Å². The van der Waals surface area contributed by atoms with Crippen molar-refractivity contribution in [2.45, 2.75) is 19.8 Å². The number of carboxylic acid groups (broad SMARTS) is 1. The Morgan fingerprint density at radius 2 is 1.86 bits per heavy atom. The molecule has 0 bridgehead atoms. The Bertz CT molecular complexity index is 1800. The second-order valence-corrected chi connectivity index (χ2v) is 14.3. The average Bonchev–Trinajstić information content (AvgIpc) is 3.65. The van der Waals surface area contributed by atoms with Crippen LogP contribution in [0.5, 0.6) is 0 Å². The molecule has 4 heterocycles. The first-order valence-corrected chi connectivity index (χ1v) is 16.6. The highest BCUT2D eigenvalue weighted by atomic mass is 35.5. The third kappa shape index (κ3) is 5.88. The summed E-state index contributed by atoms with van der Waals surface area (Å²) >= 11 is 7.38. The molecule has 6 rings (SSSR count). The van der Waals surface area contributed by atoms with Crippen molar-refractivity contribution in [1.82, 2.24) is 4.98 Å². The molecule has 1 aliphatic heterocycles. The molecule has 11 heteroatoms. The first-order chi connectivity index (χ1) is 20.8. The molecule has 5 aromatic rings. The normalized spacial score (nSPS) is 15.4. The Labute approximate surface area is 258 Å². The fourth-order valence-corrected chi connectivity index (χ4v) is 9.08. The predicted octanol–water partition coefficient (Wildman–Crippen LogP) is 8.28. The van der Waals surface area contributed by atoms with Crippen LogP contribution in [0.2, 0.25) is 5.02 Å². The van der Waals surface area contributed by atoms with E-state index in [9.17, 15) is 14.5 Å². The van der Waals surface area contributed by atoms with Crippen molar-refractivity contribution in [3.05, 3.63) is 88.4 Å². The molecule has 8 nitrogen and oxygen atoms in total. The molecule has 222 valence electrons. The van der Waals surface area contributed by atoms with Crippen molar-refractivity contribution in [2.75, 3.05) is 31.5 Å². The number of aryl methyl sites for hydroxylation is 1. The summed E-state index contributed by atoms with van der Waals surface area (Å²) in [5.41, 5.74) is 4.26. The maximum Gasteiger partial charge on any atom is 0.348 e. The van der Waals surface area contributed by atoms with Gasteiger partial charge in [0.15, 0.2) is 5.58 Å². The molecule has 3 aromatic heterocycles. The molecule has 2 aromatic carbocycles. The number of nitrogens with zero attached hydrogens (tertiary/aromatic N) is 2. The zero-order chi connectivity index (χ0) is 30.1. The van der Waals surface area contributed by atoms with Crippen molar-refractivity contribution in [1.29, 1.82) is 0 Å². The highest BCUT2D eigenvalue weighted by Gasteiger charge is 2.39. The van der Waals surface area contributed by atoms with Crippen molar-refractivity contribution in [3.63, 3.8) is 0 Å². The van der Waals surface area contributed by atoms with Gasteiger partial charge in [0.05, 0.1) is 11.0 Å². The summed E-state index contributed by atoms with van der Waals surface area (Å²) in [7, 11) is -2.35. The van der Waals surface area contributed by atoms with Crippen molar-refractivity contribution in [2.24, 2.45) is 5.92 Å². The van der Waals surface area contributed by atoms with Gasteiger partial charge in [-0.1, -0.05) is 35.9 Å². The number of halogens is 1. The molecule has 0 radical (unpaired) electrons. The van der Waals surface area contributed by atoms with Crippen LogP contribution in [-0.2, 0) is 13.8 Å². The molecule has 0 aliphatic carbocycles. The van der Waals surface area contributed by atoms with E-state index in [1.54, 1.807) is 29.1 Å². The van der Waals surface area contributed by atoms with E-state index >= 15 is 0 Å². The molecule has 0 saturated carbocycles. The van der Waals surface area contributed by atoms with E-state index in [2.05, 4.69) is 4.98 Å². The van der Waals surface area contributed by atoms with E-state index in [0.717, 1.165) is 45.7 Å². The number of carboxylic acids is 1. The van der Waals surface area contributed by atoms with Gasteiger partial charge in [-0.3, -0.25) is 14.2 Å². The molecule has 1 fully saturated rings. The molecular weight excluding hydrogens is 607 g/mol. The van der Waals surface area contributed by atoms with Crippen LogP contribution in [0.4, 0.5) is 5.69 Å². The number of aromatic nitrogens is 1. The maximum absolute atomic E-state index is 14.9. The quantitative estimate of drug-likeness (QED) is 0.161. The van der Waals surface area contributed by atoms with Crippen LogP contribution in [0.3, 0.4) is 0 Å². The third-order valence-electron chi connectivity index (χ3n) is 7.73. The minimum atomic E-state index is -3.76. The molecule has 1 N–H and O–H groups in total.